The second kappa shape index (κ2) is 8.65. The fraction of sp³-hybridized carbons (Fsp3) is 0.684. The van der Waals surface area contributed by atoms with Gasteiger partial charge in [0.25, 0.3) is 0 Å². The van der Waals surface area contributed by atoms with E-state index in [0.717, 1.165) is 24.4 Å². The summed E-state index contributed by atoms with van der Waals surface area (Å²) in [7, 11) is 7.77. The van der Waals surface area contributed by atoms with Crippen LogP contribution < -0.4 is 10.1 Å². The molecular formula is C19H31N3O4. The van der Waals surface area contributed by atoms with Gasteiger partial charge >= 0.3 is 0 Å². The highest BCUT2D eigenvalue weighted by atomic mass is 16.7. The summed E-state index contributed by atoms with van der Waals surface area (Å²) >= 11 is 0. The van der Waals surface area contributed by atoms with Crippen molar-refractivity contribution in [2.24, 2.45) is 0 Å². The number of hydrogen-bond donors (Lipinski definition) is 2. The number of aliphatic hydroxyl groups is 1. The predicted molar refractivity (Wildman–Crippen MR) is 99.2 cm³/mol. The first-order valence-corrected chi connectivity index (χ1v) is 9.16. The van der Waals surface area contributed by atoms with Gasteiger partial charge in [0.15, 0.2) is 6.29 Å². The minimum Gasteiger partial charge on any atom is -0.497 e. The first-order valence-electron chi connectivity index (χ1n) is 9.16. The lowest BCUT2D eigenvalue weighted by atomic mass is 9.94. The maximum Gasteiger partial charge on any atom is 0.176 e. The van der Waals surface area contributed by atoms with Gasteiger partial charge in [-0.3, -0.25) is 4.90 Å². The summed E-state index contributed by atoms with van der Waals surface area (Å²) in [5.41, 5.74) is 1.14. The smallest absolute Gasteiger partial charge is 0.176 e. The third-order valence-electron chi connectivity index (χ3n) is 5.24. The molecule has 2 bridgehead atoms. The van der Waals surface area contributed by atoms with Gasteiger partial charge < -0.3 is 29.5 Å². The zero-order valence-corrected chi connectivity index (χ0v) is 16.1. The quantitative estimate of drug-likeness (QED) is 0.679. The van der Waals surface area contributed by atoms with Crippen LogP contribution in [0.1, 0.15) is 5.56 Å². The minimum absolute atomic E-state index is 0.119. The topological polar surface area (TPSA) is 66.4 Å². The van der Waals surface area contributed by atoms with Gasteiger partial charge in [-0.2, -0.15) is 0 Å². The molecule has 2 saturated heterocycles. The van der Waals surface area contributed by atoms with Crippen LogP contribution in [0.25, 0.3) is 0 Å². The zero-order valence-electron chi connectivity index (χ0n) is 16.1. The molecule has 2 aliphatic heterocycles. The predicted octanol–water partition coefficient (Wildman–Crippen LogP) is 0.131. The van der Waals surface area contributed by atoms with Crippen molar-refractivity contribution in [3.05, 3.63) is 29.8 Å². The Balaban J connectivity index is 1.62. The van der Waals surface area contributed by atoms with Gasteiger partial charge in [-0.25, -0.2) is 0 Å². The van der Waals surface area contributed by atoms with Crippen molar-refractivity contribution in [3.63, 3.8) is 0 Å². The molecule has 2 fully saturated rings. The SMILES string of the molecule is COc1ccc(CN[C@H]2[C@H](O)[C@H](N(C)CCN(C)C)[C@@H]3OC[C@@H]2O3)cc1. The van der Waals surface area contributed by atoms with Gasteiger partial charge in [-0.15, -0.1) is 0 Å². The number of methoxy groups -OCH3 is 1. The number of ether oxygens (including phenoxy) is 3. The van der Waals surface area contributed by atoms with Crippen LogP contribution >= 0.6 is 0 Å². The highest BCUT2D eigenvalue weighted by Crippen LogP contribution is 2.31. The van der Waals surface area contributed by atoms with E-state index >= 15 is 0 Å². The number of aliphatic hydroxyl groups excluding tert-OH is 1. The van der Waals surface area contributed by atoms with Gasteiger partial charge in [0.05, 0.1) is 31.9 Å². The second-order valence-electron chi connectivity index (χ2n) is 7.40. The van der Waals surface area contributed by atoms with Crippen LogP contribution in [0.3, 0.4) is 0 Å². The van der Waals surface area contributed by atoms with Crippen molar-refractivity contribution >= 4 is 0 Å². The molecule has 2 heterocycles. The van der Waals surface area contributed by atoms with Gasteiger partial charge in [-0.1, -0.05) is 12.1 Å². The molecule has 1 aromatic rings. The van der Waals surface area contributed by atoms with Gasteiger partial charge in [0, 0.05) is 19.6 Å². The standard InChI is InChI=1S/C19H31N3O4/c1-21(2)9-10-22(3)17-18(23)16(15-12-25-19(17)26-15)20-11-13-5-7-14(24-4)8-6-13/h5-8,15-20,23H,9-12H2,1-4H3/t15-,16+,17-,18-,19+/m0/s1. The molecule has 146 valence electrons. The molecule has 0 unspecified atom stereocenters. The summed E-state index contributed by atoms with van der Waals surface area (Å²) in [6.45, 7) is 2.93. The lowest BCUT2D eigenvalue weighted by molar-refractivity contribution is -0.179. The molecule has 26 heavy (non-hydrogen) atoms. The second-order valence-corrected chi connectivity index (χ2v) is 7.40. The molecule has 1 aromatic carbocycles. The van der Waals surface area contributed by atoms with Crippen molar-refractivity contribution < 1.29 is 19.3 Å². The summed E-state index contributed by atoms with van der Waals surface area (Å²) in [5, 5.41) is 14.5. The first kappa shape index (κ1) is 19.5. The van der Waals surface area contributed by atoms with Crippen LogP contribution in [-0.4, -0.2) is 93.4 Å². The Morgan fingerprint density at radius 1 is 1.19 bits per heavy atom. The summed E-state index contributed by atoms with van der Waals surface area (Å²) < 4.78 is 17.0. The molecule has 2 aliphatic rings. The molecule has 2 N–H and O–H groups in total. The zero-order chi connectivity index (χ0) is 18.7. The lowest BCUT2D eigenvalue weighted by Crippen LogP contribution is -2.64. The molecule has 0 radical (unpaired) electrons. The number of hydrogen-bond acceptors (Lipinski definition) is 7. The number of nitrogens with one attached hydrogen (secondary N) is 1. The van der Waals surface area contributed by atoms with E-state index < -0.39 is 6.10 Å². The van der Waals surface area contributed by atoms with Crippen molar-refractivity contribution in [1.29, 1.82) is 0 Å². The average Bonchev–Trinajstić information content (AvgIpc) is 3.05. The average molecular weight is 365 g/mol. The summed E-state index contributed by atoms with van der Waals surface area (Å²) in [6.07, 6.45) is -1.03. The van der Waals surface area contributed by atoms with E-state index in [0.29, 0.717) is 13.2 Å². The molecule has 3 rings (SSSR count). The Morgan fingerprint density at radius 2 is 1.92 bits per heavy atom. The molecule has 0 spiro atoms. The van der Waals surface area contributed by atoms with Gasteiger partial charge in [-0.05, 0) is 38.8 Å². The van der Waals surface area contributed by atoms with Crippen molar-refractivity contribution in [3.8, 4) is 5.75 Å². The van der Waals surface area contributed by atoms with Crippen LogP contribution in [-0.2, 0) is 16.0 Å². The number of rotatable bonds is 8. The normalized spacial score (nSPS) is 31.0. The van der Waals surface area contributed by atoms with Crippen molar-refractivity contribution in [1.82, 2.24) is 15.1 Å². The Bertz CT molecular complexity index is 568. The number of nitrogens with zero attached hydrogens (tertiary/aromatic N) is 2. The van der Waals surface area contributed by atoms with Crippen molar-refractivity contribution in [2.75, 3.05) is 47.9 Å². The Hall–Kier alpha value is -1.22. The van der Waals surface area contributed by atoms with Crippen LogP contribution in [0.4, 0.5) is 0 Å². The first-order chi connectivity index (χ1) is 12.5. The summed E-state index contributed by atoms with van der Waals surface area (Å²) in [6, 6.07) is 7.59. The van der Waals surface area contributed by atoms with E-state index in [1.807, 2.05) is 45.4 Å². The Morgan fingerprint density at radius 3 is 2.58 bits per heavy atom. The number of benzene rings is 1. The lowest BCUT2D eigenvalue weighted by Gasteiger charge is -2.43. The third-order valence-corrected chi connectivity index (χ3v) is 5.24. The molecule has 5 atom stereocenters. The molecule has 7 heteroatoms. The third kappa shape index (κ3) is 4.36. The number of fused-ring (bicyclic) bond motifs is 2. The van der Waals surface area contributed by atoms with E-state index in [-0.39, 0.29) is 24.5 Å². The van der Waals surface area contributed by atoms with E-state index in [4.69, 9.17) is 14.2 Å². The number of likely N-dealkylation sites (N-methyl/N-ethyl adjacent to an activating group) is 2. The van der Waals surface area contributed by atoms with Crippen molar-refractivity contribution in [2.45, 2.75) is 37.1 Å². The Kier molecular flexibility index (Phi) is 6.50. The summed E-state index contributed by atoms with van der Waals surface area (Å²) in [5.74, 6) is 0.837. The highest BCUT2D eigenvalue weighted by molar-refractivity contribution is 5.27. The minimum atomic E-state index is -0.549. The molecular weight excluding hydrogens is 334 g/mol. The molecule has 0 amide bonds. The van der Waals surface area contributed by atoms with E-state index in [1.165, 1.54) is 0 Å². The summed E-state index contributed by atoms with van der Waals surface area (Å²) in [4.78, 5) is 4.27. The Labute approximate surface area is 155 Å². The molecule has 0 aromatic heterocycles. The molecule has 7 nitrogen and oxygen atoms in total. The van der Waals surface area contributed by atoms with E-state index in [2.05, 4.69) is 15.1 Å². The maximum atomic E-state index is 11.0. The van der Waals surface area contributed by atoms with Crippen LogP contribution in [0, 0.1) is 0 Å². The molecule has 0 saturated carbocycles. The van der Waals surface area contributed by atoms with Crippen LogP contribution in [0.5, 0.6) is 5.75 Å². The van der Waals surface area contributed by atoms with Crippen LogP contribution in [0.15, 0.2) is 24.3 Å². The largest absolute Gasteiger partial charge is 0.497 e. The van der Waals surface area contributed by atoms with E-state index in [9.17, 15) is 5.11 Å². The van der Waals surface area contributed by atoms with Gasteiger partial charge in [0.2, 0.25) is 0 Å². The van der Waals surface area contributed by atoms with Crippen LogP contribution in [0.2, 0.25) is 0 Å². The fourth-order valence-corrected chi connectivity index (χ4v) is 3.61. The fourth-order valence-electron chi connectivity index (χ4n) is 3.61. The van der Waals surface area contributed by atoms with Gasteiger partial charge in [0.1, 0.15) is 11.9 Å². The molecule has 0 aliphatic carbocycles. The highest BCUT2D eigenvalue weighted by Gasteiger charge is 2.51. The maximum absolute atomic E-state index is 11.0. The monoisotopic (exact) mass is 365 g/mol. The van der Waals surface area contributed by atoms with E-state index in [1.54, 1.807) is 7.11 Å².